The van der Waals surface area contributed by atoms with Crippen LogP contribution in [0, 0.1) is 0 Å². The number of carbonyl (C=O) groups is 1. The van der Waals surface area contributed by atoms with E-state index < -0.39 is 11.7 Å². The predicted molar refractivity (Wildman–Crippen MR) is 103 cm³/mol. The highest BCUT2D eigenvalue weighted by atomic mass is 16.5. The van der Waals surface area contributed by atoms with Gasteiger partial charge in [-0.2, -0.15) is 0 Å². The van der Waals surface area contributed by atoms with E-state index in [9.17, 15) is 15.0 Å². The molecule has 2 aliphatic rings. The van der Waals surface area contributed by atoms with Crippen LogP contribution in [0.3, 0.4) is 0 Å². The maximum absolute atomic E-state index is 12.6. The fourth-order valence-corrected chi connectivity index (χ4v) is 3.73. The Morgan fingerprint density at radius 1 is 1.22 bits per heavy atom. The summed E-state index contributed by atoms with van der Waals surface area (Å²) in [6.07, 6.45) is 0.521. The second-order valence-electron chi connectivity index (χ2n) is 7.49. The van der Waals surface area contributed by atoms with Gasteiger partial charge >= 0.3 is 0 Å². The van der Waals surface area contributed by atoms with Crippen LogP contribution in [0.4, 0.5) is 0 Å². The Hall–Kier alpha value is -1.51. The highest BCUT2D eigenvalue weighted by molar-refractivity contribution is 5.94. The number of hydrogen-bond donors (Lipinski definition) is 3. The molecule has 7 nitrogen and oxygen atoms in total. The normalized spacial score (nSPS) is 26.9. The van der Waals surface area contributed by atoms with E-state index in [1.165, 1.54) is 0 Å². The molecule has 150 valence electrons. The fourth-order valence-electron chi connectivity index (χ4n) is 3.73. The lowest BCUT2D eigenvalue weighted by Gasteiger charge is -2.43. The lowest BCUT2D eigenvalue weighted by Crippen LogP contribution is -2.62. The molecule has 1 amide bonds. The van der Waals surface area contributed by atoms with Crippen molar-refractivity contribution in [1.29, 1.82) is 0 Å². The van der Waals surface area contributed by atoms with E-state index in [0.29, 0.717) is 18.5 Å². The lowest BCUT2D eigenvalue weighted by atomic mass is 9.89. The van der Waals surface area contributed by atoms with Gasteiger partial charge in [0.1, 0.15) is 5.60 Å². The molecule has 3 rings (SSSR count). The maximum atomic E-state index is 12.6. The van der Waals surface area contributed by atoms with Crippen LogP contribution in [0.5, 0.6) is 0 Å². The number of nitrogens with zero attached hydrogens (tertiary/aromatic N) is 2. The topological polar surface area (TPSA) is 85.3 Å². The minimum Gasteiger partial charge on any atom is -0.390 e. The first-order valence-electron chi connectivity index (χ1n) is 9.84. The Bertz CT molecular complexity index is 594. The van der Waals surface area contributed by atoms with Gasteiger partial charge in [0.15, 0.2) is 0 Å². The van der Waals surface area contributed by atoms with E-state index in [0.717, 1.165) is 45.8 Å². The molecule has 27 heavy (non-hydrogen) atoms. The molecule has 0 aromatic heterocycles. The van der Waals surface area contributed by atoms with Crippen molar-refractivity contribution in [2.45, 2.75) is 24.5 Å². The molecule has 2 fully saturated rings. The zero-order valence-corrected chi connectivity index (χ0v) is 15.8. The molecule has 2 atom stereocenters. The van der Waals surface area contributed by atoms with E-state index in [1.54, 1.807) is 17.0 Å². The van der Waals surface area contributed by atoms with Gasteiger partial charge in [-0.05, 0) is 38.1 Å². The summed E-state index contributed by atoms with van der Waals surface area (Å²) in [4.78, 5) is 16.6. The fraction of sp³-hybridized carbons (Fsp3) is 0.650. The molecule has 2 saturated heterocycles. The van der Waals surface area contributed by atoms with Crippen LogP contribution in [0.25, 0.3) is 0 Å². The van der Waals surface area contributed by atoms with Gasteiger partial charge in [0.25, 0.3) is 5.91 Å². The first-order valence-corrected chi connectivity index (χ1v) is 9.84. The minimum atomic E-state index is -1.32. The van der Waals surface area contributed by atoms with Crippen molar-refractivity contribution in [2.75, 3.05) is 59.0 Å². The second kappa shape index (κ2) is 9.61. The average Bonchev–Trinajstić information content (AvgIpc) is 2.71. The molecule has 1 aromatic carbocycles. The van der Waals surface area contributed by atoms with Gasteiger partial charge in [0.05, 0.1) is 25.9 Å². The Balaban J connectivity index is 1.45. The van der Waals surface area contributed by atoms with Gasteiger partial charge in [-0.1, -0.05) is 18.2 Å². The van der Waals surface area contributed by atoms with Crippen LogP contribution in [-0.4, -0.2) is 96.7 Å². The van der Waals surface area contributed by atoms with Crippen LogP contribution >= 0.6 is 0 Å². The van der Waals surface area contributed by atoms with Crippen LogP contribution in [-0.2, 0) is 4.74 Å². The zero-order valence-electron chi connectivity index (χ0n) is 15.8. The monoisotopic (exact) mass is 377 g/mol. The number of nitrogens with one attached hydrogen (secondary N) is 1. The quantitative estimate of drug-likeness (QED) is 0.577. The van der Waals surface area contributed by atoms with Crippen molar-refractivity contribution in [3.63, 3.8) is 0 Å². The van der Waals surface area contributed by atoms with E-state index >= 15 is 0 Å². The van der Waals surface area contributed by atoms with Crippen molar-refractivity contribution in [3.8, 4) is 0 Å². The highest BCUT2D eigenvalue weighted by Gasteiger charge is 2.42. The third-order valence-electron chi connectivity index (χ3n) is 5.43. The predicted octanol–water partition coefficient (Wildman–Crippen LogP) is -0.0636. The molecule has 0 radical (unpaired) electrons. The molecule has 3 N–H and O–H groups in total. The number of aliphatic hydroxyl groups is 2. The number of morpholine rings is 1. The number of hydrogen-bond acceptors (Lipinski definition) is 6. The van der Waals surface area contributed by atoms with Gasteiger partial charge in [0, 0.05) is 31.7 Å². The standard InChI is InChI=1S/C20H31N3O4/c24-18-7-10-23(19(25)17-5-2-1-3-6-17)16-20(18,26)15-21-8-4-9-22-11-13-27-14-12-22/h1-3,5-6,18,21,24,26H,4,7-16H2/t18-,20+/m0/s1. The summed E-state index contributed by atoms with van der Waals surface area (Å²) >= 11 is 0. The number of rotatable bonds is 7. The molecule has 2 aliphatic heterocycles. The third kappa shape index (κ3) is 5.49. The number of amides is 1. The first-order chi connectivity index (χ1) is 13.1. The van der Waals surface area contributed by atoms with Crippen LogP contribution in [0.15, 0.2) is 30.3 Å². The minimum absolute atomic E-state index is 0.103. The molecular weight excluding hydrogens is 346 g/mol. The van der Waals surface area contributed by atoms with Crippen LogP contribution < -0.4 is 5.32 Å². The van der Waals surface area contributed by atoms with E-state index in [-0.39, 0.29) is 19.0 Å². The summed E-state index contributed by atoms with van der Waals surface area (Å²) in [5.74, 6) is -0.103. The SMILES string of the molecule is O=C(c1ccccc1)N1CC[C@H](O)[C@@](O)(CNCCCN2CCOCC2)C1. The summed E-state index contributed by atoms with van der Waals surface area (Å²) in [5.41, 5.74) is -0.712. The summed E-state index contributed by atoms with van der Waals surface area (Å²) in [7, 11) is 0. The number of piperidine rings is 1. The molecule has 0 saturated carbocycles. The van der Waals surface area contributed by atoms with Gasteiger partial charge in [-0.25, -0.2) is 0 Å². The molecular formula is C20H31N3O4. The van der Waals surface area contributed by atoms with Gasteiger partial charge < -0.3 is 25.2 Å². The van der Waals surface area contributed by atoms with Crippen molar-refractivity contribution < 1.29 is 19.7 Å². The smallest absolute Gasteiger partial charge is 0.253 e. The Morgan fingerprint density at radius 2 is 1.96 bits per heavy atom. The summed E-state index contributed by atoms with van der Waals surface area (Å²) in [6, 6.07) is 9.07. The number of carbonyl (C=O) groups excluding carboxylic acids is 1. The molecule has 7 heteroatoms. The van der Waals surface area contributed by atoms with Gasteiger partial charge in [-0.3, -0.25) is 9.69 Å². The molecule has 0 unspecified atom stereocenters. The largest absolute Gasteiger partial charge is 0.390 e. The van der Waals surface area contributed by atoms with Crippen molar-refractivity contribution in [1.82, 2.24) is 15.1 Å². The number of β-amino-alcohol motifs (C(OH)–C–C–N with tert-alkyl or cyclic N) is 1. The summed E-state index contributed by atoms with van der Waals surface area (Å²) < 4.78 is 5.34. The van der Waals surface area contributed by atoms with Crippen LogP contribution in [0.1, 0.15) is 23.2 Å². The molecule has 1 aromatic rings. The third-order valence-corrected chi connectivity index (χ3v) is 5.43. The lowest BCUT2D eigenvalue weighted by molar-refractivity contribution is -0.111. The van der Waals surface area contributed by atoms with E-state index in [4.69, 9.17) is 4.74 Å². The van der Waals surface area contributed by atoms with Crippen molar-refractivity contribution >= 4 is 5.91 Å². The van der Waals surface area contributed by atoms with Crippen molar-refractivity contribution in [2.24, 2.45) is 0 Å². The number of aliphatic hydroxyl groups excluding tert-OH is 1. The molecule has 0 bridgehead atoms. The maximum Gasteiger partial charge on any atom is 0.253 e. The first kappa shape index (κ1) is 20.2. The van der Waals surface area contributed by atoms with Gasteiger partial charge in [-0.15, -0.1) is 0 Å². The number of benzene rings is 1. The summed E-state index contributed by atoms with van der Waals surface area (Å²) in [6.45, 7) is 6.16. The molecule has 0 aliphatic carbocycles. The Labute approximate surface area is 160 Å². The highest BCUT2D eigenvalue weighted by Crippen LogP contribution is 2.23. The molecule has 2 heterocycles. The zero-order chi connectivity index (χ0) is 19.1. The average molecular weight is 377 g/mol. The Morgan fingerprint density at radius 3 is 2.70 bits per heavy atom. The van der Waals surface area contributed by atoms with Crippen LogP contribution in [0.2, 0.25) is 0 Å². The second-order valence-corrected chi connectivity index (χ2v) is 7.49. The van der Waals surface area contributed by atoms with Gasteiger partial charge in [0.2, 0.25) is 0 Å². The van der Waals surface area contributed by atoms with Crippen molar-refractivity contribution in [3.05, 3.63) is 35.9 Å². The van der Waals surface area contributed by atoms with E-state index in [1.807, 2.05) is 18.2 Å². The van der Waals surface area contributed by atoms with E-state index in [2.05, 4.69) is 10.2 Å². The Kier molecular flexibility index (Phi) is 7.20. The number of ether oxygens (including phenoxy) is 1. The number of likely N-dealkylation sites (tertiary alicyclic amines) is 1. The summed E-state index contributed by atoms with van der Waals surface area (Å²) in [5, 5.41) is 24.5. The molecule has 0 spiro atoms.